The molecule has 288 valence electrons. The molecule has 5 unspecified atom stereocenters. The fourth-order valence-corrected chi connectivity index (χ4v) is 7.83. The first-order valence-electron chi connectivity index (χ1n) is 19.5. The Hall–Kier alpha value is -3.02. The largest absolute Gasteiger partial charge is 0.493 e. The molecule has 0 aromatic heterocycles. The van der Waals surface area contributed by atoms with Crippen LogP contribution in [0.1, 0.15) is 135 Å². The average molecular weight is 717 g/mol. The molecule has 2 N–H and O–H groups in total. The van der Waals surface area contributed by atoms with E-state index in [1.54, 1.807) is 0 Å². The Morgan fingerprint density at radius 1 is 0.843 bits per heavy atom. The van der Waals surface area contributed by atoms with Crippen molar-refractivity contribution in [1.82, 2.24) is 10.4 Å². The molecule has 5 atom stereocenters. The van der Waals surface area contributed by atoms with Crippen molar-refractivity contribution in [2.45, 2.75) is 137 Å². The number of fused-ring (bicyclic) bond motifs is 5. The number of ether oxygens (including phenoxy) is 3. The molecule has 1 aliphatic heterocycles. The lowest BCUT2D eigenvalue weighted by atomic mass is 9.55. The van der Waals surface area contributed by atoms with Gasteiger partial charge in [0.05, 0.1) is 32.2 Å². The Balaban J connectivity index is 0.000000257. The van der Waals surface area contributed by atoms with Crippen molar-refractivity contribution in [3.63, 3.8) is 0 Å². The van der Waals surface area contributed by atoms with Gasteiger partial charge in [-0.1, -0.05) is 40.7 Å². The molecule has 0 bridgehead atoms. The minimum Gasteiger partial charge on any atom is -0.493 e. The van der Waals surface area contributed by atoms with Gasteiger partial charge in [0.2, 0.25) is 5.91 Å². The second kappa shape index (κ2) is 22.1. The molecule has 1 aromatic rings. The molecule has 51 heavy (non-hydrogen) atoms. The van der Waals surface area contributed by atoms with Crippen LogP contribution in [0.5, 0.6) is 5.75 Å². The summed E-state index contributed by atoms with van der Waals surface area (Å²) in [7, 11) is 0. The van der Waals surface area contributed by atoms with Crippen LogP contribution in [0.4, 0.5) is 0 Å². The number of imide groups is 1. The molecular formula is C40H64N2O9. The molecule has 3 fully saturated rings. The van der Waals surface area contributed by atoms with E-state index < -0.39 is 17.8 Å². The Kier molecular flexibility index (Phi) is 18.4. The van der Waals surface area contributed by atoms with Crippen LogP contribution in [-0.4, -0.2) is 79.5 Å². The molecule has 3 aliphatic carbocycles. The van der Waals surface area contributed by atoms with Crippen LogP contribution < -0.4 is 10.1 Å². The lowest BCUT2D eigenvalue weighted by molar-refractivity contribution is -0.198. The number of hydroxylamine groups is 2. The lowest BCUT2D eigenvalue weighted by Gasteiger charge is -2.50. The van der Waals surface area contributed by atoms with E-state index in [0.717, 1.165) is 76.4 Å². The van der Waals surface area contributed by atoms with Crippen LogP contribution in [0.15, 0.2) is 18.2 Å². The van der Waals surface area contributed by atoms with Gasteiger partial charge in [-0.2, -0.15) is 0 Å². The van der Waals surface area contributed by atoms with Gasteiger partial charge in [-0.05, 0) is 111 Å². The van der Waals surface area contributed by atoms with Gasteiger partial charge in [0.1, 0.15) is 5.75 Å². The fourth-order valence-electron chi connectivity index (χ4n) is 7.83. The highest BCUT2D eigenvalue weighted by molar-refractivity contribution is 6.01. The van der Waals surface area contributed by atoms with Crippen LogP contribution in [0.25, 0.3) is 0 Å². The normalized spacial score (nSPS) is 24.6. The molecule has 0 radical (unpaired) electrons. The second-order valence-electron chi connectivity index (χ2n) is 14.4. The summed E-state index contributed by atoms with van der Waals surface area (Å²) in [6.07, 6.45) is 11.5. The van der Waals surface area contributed by atoms with E-state index in [0.29, 0.717) is 36.5 Å². The van der Waals surface area contributed by atoms with E-state index >= 15 is 0 Å². The molecule has 1 heterocycles. The molecule has 11 nitrogen and oxygen atoms in total. The number of hydrogen-bond acceptors (Lipinski definition) is 9. The van der Waals surface area contributed by atoms with Crippen molar-refractivity contribution >= 4 is 23.7 Å². The zero-order chi connectivity index (χ0) is 37.2. The van der Waals surface area contributed by atoms with Crippen molar-refractivity contribution < 1.29 is 43.3 Å². The third-order valence-electron chi connectivity index (χ3n) is 10.5. The van der Waals surface area contributed by atoms with Crippen LogP contribution in [-0.2, 0) is 39.9 Å². The maximum absolute atomic E-state index is 11.7. The molecule has 11 heteroatoms. The van der Waals surface area contributed by atoms with Gasteiger partial charge in [-0.15, -0.1) is 5.06 Å². The molecule has 4 aliphatic rings. The first kappa shape index (κ1) is 42.4. The molecule has 1 aromatic carbocycles. The Labute approximate surface area is 305 Å². The highest BCUT2D eigenvalue weighted by Gasteiger charge is 2.54. The number of nitrogens with one attached hydrogen (secondary N) is 1. The maximum atomic E-state index is 11.7. The van der Waals surface area contributed by atoms with E-state index in [1.165, 1.54) is 30.4 Å². The average Bonchev–Trinajstić information content (AvgIpc) is 3.61. The summed E-state index contributed by atoms with van der Waals surface area (Å²) in [6.45, 7) is 14.4. The molecule has 1 saturated heterocycles. The van der Waals surface area contributed by atoms with E-state index in [-0.39, 0.29) is 43.3 Å². The number of carbonyl (C=O) groups excluding carboxylic acids is 4. The van der Waals surface area contributed by atoms with Crippen LogP contribution in [0.3, 0.4) is 0 Å². The smallest absolute Gasteiger partial charge is 0.335 e. The van der Waals surface area contributed by atoms with Gasteiger partial charge in [0.25, 0.3) is 11.8 Å². The number of nitrogens with zero attached hydrogens (tertiary/aromatic N) is 1. The molecular weight excluding hydrogens is 652 g/mol. The number of aliphatic hydroxyl groups is 1. The highest BCUT2D eigenvalue weighted by atomic mass is 16.7. The number of rotatable bonds is 16. The van der Waals surface area contributed by atoms with Gasteiger partial charge < -0.3 is 29.5 Å². The standard InChI is InChI=1S/C24H35NO3.C10H15NO5.C6H14O/c1-3-13-25-23(27)11-14-28-17-5-7-18-16(15-17)4-6-20-19(18)10-12-24(2)21(20)8-9-22(24)26;1-2-6-15-7-5-10(14)16-11-8(12)3-4-9(11)13;1-3-5-7-6-4-2/h5,7,15,19-22,26H,3-4,6,8-14H2,1-2H3,(H,25,27);2-7H2,1H3;3-6H2,1-2H3. The van der Waals surface area contributed by atoms with Gasteiger partial charge in [-0.3, -0.25) is 14.4 Å². The summed E-state index contributed by atoms with van der Waals surface area (Å²) >= 11 is 0. The second-order valence-corrected chi connectivity index (χ2v) is 14.4. The van der Waals surface area contributed by atoms with Gasteiger partial charge in [-0.25, -0.2) is 4.79 Å². The number of carbonyl (C=O) groups is 4. The Morgan fingerprint density at radius 3 is 2.16 bits per heavy atom. The molecule has 2 saturated carbocycles. The minimum absolute atomic E-state index is 0.0387. The number of aliphatic hydroxyl groups excluding tert-OH is 1. The fraction of sp³-hybridized carbons (Fsp3) is 0.750. The molecule has 5 rings (SSSR count). The number of amides is 3. The van der Waals surface area contributed by atoms with Gasteiger partial charge in [0.15, 0.2) is 0 Å². The first-order valence-corrected chi connectivity index (χ1v) is 19.5. The van der Waals surface area contributed by atoms with Crippen molar-refractivity contribution in [2.24, 2.45) is 17.3 Å². The van der Waals surface area contributed by atoms with Crippen molar-refractivity contribution in [2.75, 3.05) is 39.6 Å². The third-order valence-corrected chi connectivity index (χ3v) is 10.5. The molecule has 0 spiro atoms. The van der Waals surface area contributed by atoms with Crippen LogP contribution in [0.2, 0.25) is 0 Å². The summed E-state index contributed by atoms with van der Waals surface area (Å²) < 4.78 is 16.1. The van der Waals surface area contributed by atoms with Gasteiger partial charge in [0, 0.05) is 39.2 Å². The first-order chi connectivity index (χ1) is 24.6. The lowest BCUT2D eigenvalue weighted by Crippen LogP contribution is -2.43. The van der Waals surface area contributed by atoms with Crippen molar-refractivity contribution in [3.05, 3.63) is 29.3 Å². The van der Waals surface area contributed by atoms with Gasteiger partial charge >= 0.3 is 5.97 Å². The SMILES string of the molecule is CCCNC(=O)CCOc1ccc2c(c1)CCC1C2CCC2(C)C(O)CCC12.CCCOCCC.CCCOCCC(=O)ON1C(=O)CCC1=O. The number of benzene rings is 1. The number of aryl methyl sites for hydroxylation is 1. The zero-order valence-electron chi connectivity index (χ0n) is 31.8. The highest BCUT2D eigenvalue weighted by Crippen LogP contribution is 2.60. The van der Waals surface area contributed by atoms with Crippen LogP contribution >= 0.6 is 0 Å². The van der Waals surface area contributed by atoms with Crippen molar-refractivity contribution in [3.8, 4) is 5.75 Å². The van der Waals surface area contributed by atoms with Crippen LogP contribution in [0, 0.1) is 17.3 Å². The summed E-state index contributed by atoms with van der Waals surface area (Å²) in [6, 6.07) is 6.56. The van der Waals surface area contributed by atoms with E-state index in [2.05, 4.69) is 56.0 Å². The summed E-state index contributed by atoms with van der Waals surface area (Å²) in [4.78, 5) is 49.7. The quantitative estimate of drug-likeness (QED) is 0.146. The van der Waals surface area contributed by atoms with Crippen molar-refractivity contribution in [1.29, 1.82) is 0 Å². The maximum Gasteiger partial charge on any atom is 0.335 e. The minimum atomic E-state index is -0.625. The molecule has 3 amide bonds. The topological polar surface area (TPSA) is 141 Å². The monoisotopic (exact) mass is 716 g/mol. The number of hydrogen-bond donors (Lipinski definition) is 2. The zero-order valence-corrected chi connectivity index (χ0v) is 31.8. The predicted octanol–water partition coefficient (Wildman–Crippen LogP) is 6.43. The van der Waals surface area contributed by atoms with E-state index in [9.17, 15) is 24.3 Å². The summed E-state index contributed by atoms with van der Waals surface area (Å²) in [5.41, 5.74) is 3.07. The predicted molar refractivity (Wildman–Crippen MR) is 195 cm³/mol. The Morgan fingerprint density at radius 2 is 1.51 bits per heavy atom. The van der Waals surface area contributed by atoms with E-state index in [4.69, 9.17) is 14.2 Å². The van der Waals surface area contributed by atoms with E-state index in [1.807, 2.05) is 6.92 Å². The summed E-state index contributed by atoms with van der Waals surface area (Å²) in [5, 5.41) is 14.0. The summed E-state index contributed by atoms with van der Waals surface area (Å²) in [5.74, 6) is 1.43. The Bertz CT molecular complexity index is 1240. The third kappa shape index (κ3) is 12.6.